The van der Waals surface area contributed by atoms with E-state index in [9.17, 15) is 8.78 Å². The number of hydrogen-bond acceptors (Lipinski definition) is 7. The van der Waals surface area contributed by atoms with Crippen LogP contribution < -0.4 is 11.5 Å². The molecule has 4 N–H and O–H groups in total. The molecule has 0 spiro atoms. The number of aromatic nitrogens is 7. The second-order valence-electron chi connectivity index (χ2n) is 5.04. The molecule has 0 radical (unpaired) electrons. The normalized spacial score (nSPS) is 11.6. The molecule has 0 fully saturated rings. The minimum atomic E-state index is -0.617. The van der Waals surface area contributed by atoms with Crippen LogP contribution in [0.2, 0.25) is 0 Å². The third kappa shape index (κ3) is 2.01. The summed E-state index contributed by atoms with van der Waals surface area (Å²) in [4.78, 5) is 8.20. The van der Waals surface area contributed by atoms with Gasteiger partial charge in [-0.2, -0.15) is 4.98 Å². The van der Waals surface area contributed by atoms with E-state index in [4.69, 9.17) is 11.5 Å². The second-order valence-corrected chi connectivity index (χ2v) is 5.04. The van der Waals surface area contributed by atoms with Crippen LogP contribution in [0.4, 0.5) is 20.5 Å². The monoisotopic (exact) mass is 331 g/mol. The van der Waals surface area contributed by atoms with Gasteiger partial charge >= 0.3 is 0 Å². The Balaban J connectivity index is 1.99. The zero-order valence-corrected chi connectivity index (χ0v) is 12.2. The lowest BCUT2D eigenvalue weighted by atomic mass is 10.1. The maximum Gasteiger partial charge on any atom is 0.240 e. The first-order valence-corrected chi connectivity index (χ1v) is 6.95. The van der Waals surface area contributed by atoms with Crippen molar-refractivity contribution in [3.05, 3.63) is 24.1 Å². The highest BCUT2D eigenvalue weighted by atomic mass is 19.1. The van der Waals surface area contributed by atoms with Gasteiger partial charge in [0.2, 0.25) is 5.95 Å². The molecule has 0 unspecified atom stereocenters. The molecule has 24 heavy (non-hydrogen) atoms. The molecule has 4 aromatic heterocycles. The fourth-order valence-electron chi connectivity index (χ4n) is 2.56. The average Bonchev–Trinajstić information content (AvgIpc) is 3.08. The van der Waals surface area contributed by atoms with Crippen molar-refractivity contribution in [3.63, 3.8) is 0 Å². The number of pyridine rings is 1. The Labute approximate surface area is 132 Å². The Morgan fingerprint density at radius 1 is 1.17 bits per heavy atom. The molecule has 4 aromatic rings. The summed E-state index contributed by atoms with van der Waals surface area (Å²) in [6.07, 6.45) is 1.14. The van der Waals surface area contributed by atoms with Gasteiger partial charge in [-0.05, 0) is 12.1 Å². The Morgan fingerprint density at radius 2 is 2.00 bits per heavy atom. The molecular formula is C13H11F2N9. The Hall–Kier alpha value is -3.37. The van der Waals surface area contributed by atoms with Crippen molar-refractivity contribution in [1.82, 2.24) is 34.6 Å². The Morgan fingerprint density at radius 3 is 2.79 bits per heavy atom. The van der Waals surface area contributed by atoms with E-state index in [1.54, 1.807) is 12.1 Å². The second kappa shape index (κ2) is 5.08. The first-order chi connectivity index (χ1) is 11.6. The number of halogens is 2. The van der Waals surface area contributed by atoms with Crippen LogP contribution in [0.15, 0.2) is 18.3 Å². The van der Waals surface area contributed by atoms with Gasteiger partial charge in [-0.25, -0.2) is 23.0 Å². The van der Waals surface area contributed by atoms with Gasteiger partial charge in [0.15, 0.2) is 17.3 Å². The van der Waals surface area contributed by atoms with Crippen molar-refractivity contribution in [1.29, 1.82) is 0 Å². The van der Waals surface area contributed by atoms with Crippen LogP contribution in [0.5, 0.6) is 0 Å². The van der Waals surface area contributed by atoms with Gasteiger partial charge in [0.25, 0.3) is 0 Å². The standard InChI is InChI=1S/C13H11F2N9/c14-3-4-23-12-8(20-22-23)2-1-7(18-12)9-6(15)5-24-10(9)11(16)19-13(17)21-24/h1-2,5H,3-4H2,(H4,16,17,19,21). The SMILES string of the molecule is Nc1nc(N)c2c(-c3ccc4nnn(CCF)c4n3)c(F)cn2n1. The van der Waals surface area contributed by atoms with Crippen molar-refractivity contribution < 1.29 is 8.78 Å². The number of alkyl halides is 1. The van der Waals surface area contributed by atoms with Crippen LogP contribution >= 0.6 is 0 Å². The topological polar surface area (TPSA) is 126 Å². The third-order valence-electron chi connectivity index (χ3n) is 3.54. The summed E-state index contributed by atoms with van der Waals surface area (Å²) >= 11 is 0. The molecule has 0 saturated heterocycles. The van der Waals surface area contributed by atoms with Crippen LogP contribution in [0.1, 0.15) is 0 Å². The van der Waals surface area contributed by atoms with Crippen molar-refractivity contribution in [2.75, 3.05) is 18.1 Å². The summed E-state index contributed by atoms with van der Waals surface area (Å²) in [7, 11) is 0. The molecule has 0 aliphatic carbocycles. The summed E-state index contributed by atoms with van der Waals surface area (Å²) in [6, 6.07) is 3.20. The summed E-state index contributed by atoms with van der Waals surface area (Å²) in [6.45, 7) is -0.609. The summed E-state index contributed by atoms with van der Waals surface area (Å²) in [5.41, 5.74) is 12.9. The molecule has 0 amide bonds. The molecule has 122 valence electrons. The first kappa shape index (κ1) is 14.2. The van der Waals surface area contributed by atoms with E-state index in [1.165, 1.54) is 9.20 Å². The highest BCUT2D eigenvalue weighted by molar-refractivity contribution is 5.88. The molecule has 9 nitrogen and oxygen atoms in total. The number of nitrogens with zero attached hydrogens (tertiary/aromatic N) is 7. The number of anilines is 2. The Kier molecular flexibility index (Phi) is 3.01. The summed E-state index contributed by atoms with van der Waals surface area (Å²) < 4.78 is 29.6. The predicted octanol–water partition coefficient (Wildman–Crippen LogP) is 0.809. The van der Waals surface area contributed by atoms with Crippen LogP contribution in [0.3, 0.4) is 0 Å². The smallest absolute Gasteiger partial charge is 0.240 e. The lowest BCUT2D eigenvalue weighted by Crippen LogP contribution is -2.05. The van der Waals surface area contributed by atoms with E-state index in [0.717, 1.165) is 6.20 Å². The zero-order chi connectivity index (χ0) is 16.8. The molecule has 11 heteroatoms. The minimum Gasteiger partial charge on any atom is -0.382 e. The van der Waals surface area contributed by atoms with Gasteiger partial charge < -0.3 is 11.5 Å². The van der Waals surface area contributed by atoms with Gasteiger partial charge in [-0.15, -0.1) is 10.2 Å². The van der Waals surface area contributed by atoms with Crippen molar-refractivity contribution in [2.24, 2.45) is 0 Å². The molecule has 0 atom stereocenters. The highest BCUT2D eigenvalue weighted by Crippen LogP contribution is 2.31. The van der Waals surface area contributed by atoms with Gasteiger partial charge in [-0.1, -0.05) is 5.21 Å². The number of nitrogens with two attached hydrogens (primary N) is 2. The maximum absolute atomic E-state index is 14.5. The fraction of sp³-hybridized carbons (Fsp3) is 0.154. The number of hydrogen-bond donors (Lipinski definition) is 2. The molecule has 0 bridgehead atoms. The lowest BCUT2D eigenvalue weighted by Gasteiger charge is -2.04. The lowest BCUT2D eigenvalue weighted by molar-refractivity contribution is 0.426. The van der Waals surface area contributed by atoms with E-state index in [1.807, 2.05) is 0 Å². The predicted molar refractivity (Wildman–Crippen MR) is 82.1 cm³/mol. The molecule has 4 heterocycles. The third-order valence-corrected chi connectivity index (χ3v) is 3.54. The highest BCUT2D eigenvalue weighted by Gasteiger charge is 2.20. The maximum atomic E-state index is 14.5. The van der Waals surface area contributed by atoms with Gasteiger partial charge in [0.05, 0.1) is 24.0 Å². The molecule has 0 aromatic carbocycles. The van der Waals surface area contributed by atoms with Gasteiger partial charge in [-0.3, -0.25) is 0 Å². The van der Waals surface area contributed by atoms with E-state index >= 15 is 0 Å². The van der Waals surface area contributed by atoms with Crippen LogP contribution in [-0.2, 0) is 6.54 Å². The van der Waals surface area contributed by atoms with Crippen molar-refractivity contribution in [3.8, 4) is 11.3 Å². The largest absolute Gasteiger partial charge is 0.382 e. The van der Waals surface area contributed by atoms with Gasteiger partial charge in [0.1, 0.15) is 17.7 Å². The molecule has 4 rings (SSSR count). The van der Waals surface area contributed by atoms with E-state index in [-0.39, 0.29) is 35.1 Å². The van der Waals surface area contributed by atoms with E-state index in [2.05, 4.69) is 25.4 Å². The molecular weight excluding hydrogens is 320 g/mol. The van der Waals surface area contributed by atoms with Crippen molar-refractivity contribution in [2.45, 2.75) is 6.54 Å². The van der Waals surface area contributed by atoms with Crippen LogP contribution in [-0.4, -0.2) is 41.3 Å². The van der Waals surface area contributed by atoms with E-state index < -0.39 is 12.5 Å². The minimum absolute atomic E-state index is 0.00767. The van der Waals surface area contributed by atoms with Crippen LogP contribution in [0.25, 0.3) is 27.9 Å². The van der Waals surface area contributed by atoms with Crippen LogP contribution in [0, 0.1) is 5.82 Å². The van der Waals surface area contributed by atoms with Crippen molar-refractivity contribution >= 4 is 28.4 Å². The number of nitrogen functional groups attached to an aromatic ring is 2. The molecule has 0 aliphatic heterocycles. The fourth-order valence-corrected chi connectivity index (χ4v) is 2.56. The molecule has 0 aliphatic rings. The Bertz CT molecular complexity index is 1070. The number of aryl methyl sites for hydroxylation is 1. The summed E-state index contributed by atoms with van der Waals surface area (Å²) in [5, 5.41) is 11.6. The zero-order valence-electron chi connectivity index (χ0n) is 12.2. The quantitative estimate of drug-likeness (QED) is 0.569. The van der Waals surface area contributed by atoms with Gasteiger partial charge in [0, 0.05) is 0 Å². The number of rotatable bonds is 3. The summed E-state index contributed by atoms with van der Waals surface area (Å²) in [5.74, 6) is -0.633. The number of fused-ring (bicyclic) bond motifs is 2. The van der Waals surface area contributed by atoms with E-state index in [0.29, 0.717) is 11.2 Å². The average molecular weight is 331 g/mol. The molecule has 0 saturated carbocycles. The first-order valence-electron chi connectivity index (χ1n) is 6.95.